The summed E-state index contributed by atoms with van der Waals surface area (Å²) in [4.78, 5) is 8.43. The molecule has 17 heavy (non-hydrogen) atoms. The molecule has 0 atom stereocenters. The Balaban J connectivity index is 3.02. The van der Waals surface area contributed by atoms with E-state index in [9.17, 15) is 0 Å². The zero-order chi connectivity index (χ0) is 12.6. The van der Waals surface area contributed by atoms with Crippen molar-refractivity contribution in [2.75, 3.05) is 12.8 Å². The van der Waals surface area contributed by atoms with Crippen molar-refractivity contribution in [2.24, 2.45) is 0 Å². The minimum absolute atomic E-state index is 0.218. The Labute approximate surface area is 98.9 Å². The molecule has 5 nitrogen and oxygen atoms in total. The molecule has 2 rings (SSSR count). The number of methoxy groups -OCH3 is 1. The Bertz CT molecular complexity index is 643. The molecule has 0 unspecified atom stereocenters. The summed E-state index contributed by atoms with van der Waals surface area (Å²) in [6, 6.07) is 3.98. The number of aryl methyl sites for hydroxylation is 2. The molecule has 86 valence electrons. The van der Waals surface area contributed by atoms with Crippen LogP contribution in [0.2, 0.25) is 0 Å². The quantitative estimate of drug-likeness (QED) is 0.803. The van der Waals surface area contributed by atoms with Crippen LogP contribution in [0.4, 0.5) is 5.82 Å². The Morgan fingerprint density at radius 2 is 2.06 bits per heavy atom. The van der Waals surface area contributed by atoms with Crippen molar-refractivity contribution in [3.63, 3.8) is 0 Å². The molecule has 0 aromatic carbocycles. The van der Waals surface area contributed by atoms with Crippen LogP contribution in [0.25, 0.3) is 10.9 Å². The Kier molecular flexibility index (Phi) is 2.56. The fourth-order valence-corrected chi connectivity index (χ4v) is 1.91. The molecule has 2 aromatic rings. The lowest BCUT2D eigenvalue weighted by Gasteiger charge is -2.10. The van der Waals surface area contributed by atoms with Gasteiger partial charge in [0.25, 0.3) is 0 Å². The molecule has 0 saturated heterocycles. The third-order valence-electron chi connectivity index (χ3n) is 2.58. The zero-order valence-corrected chi connectivity index (χ0v) is 9.90. The summed E-state index contributed by atoms with van der Waals surface area (Å²) < 4.78 is 5.05. The largest absolute Gasteiger partial charge is 0.480 e. The molecule has 0 bridgehead atoms. The summed E-state index contributed by atoms with van der Waals surface area (Å²) in [5, 5.41) is 9.89. The van der Waals surface area contributed by atoms with E-state index >= 15 is 0 Å². The van der Waals surface area contributed by atoms with Crippen molar-refractivity contribution < 1.29 is 4.74 Å². The smallest absolute Gasteiger partial charge is 0.235 e. The molecular formula is C12H12N4O. The summed E-state index contributed by atoms with van der Waals surface area (Å²) in [6.07, 6.45) is 0. The van der Waals surface area contributed by atoms with Gasteiger partial charge in [-0.1, -0.05) is 0 Å². The van der Waals surface area contributed by atoms with Crippen molar-refractivity contribution in [1.29, 1.82) is 5.26 Å². The molecule has 0 aliphatic carbocycles. The monoisotopic (exact) mass is 228 g/mol. The van der Waals surface area contributed by atoms with Crippen LogP contribution in [0.15, 0.2) is 6.07 Å². The van der Waals surface area contributed by atoms with Crippen molar-refractivity contribution in [3.05, 3.63) is 22.9 Å². The van der Waals surface area contributed by atoms with Gasteiger partial charge >= 0.3 is 0 Å². The Morgan fingerprint density at radius 3 is 2.65 bits per heavy atom. The third-order valence-corrected chi connectivity index (χ3v) is 2.58. The molecule has 0 radical (unpaired) electrons. The summed E-state index contributed by atoms with van der Waals surface area (Å²) in [5.74, 6) is 0.552. The van der Waals surface area contributed by atoms with Crippen molar-refractivity contribution >= 4 is 16.7 Å². The van der Waals surface area contributed by atoms with E-state index in [1.807, 2.05) is 19.9 Å². The summed E-state index contributed by atoms with van der Waals surface area (Å²) in [5.41, 5.74) is 8.53. The highest BCUT2D eigenvalue weighted by atomic mass is 16.5. The molecule has 5 heteroatoms. The molecule has 0 fully saturated rings. The van der Waals surface area contributed by atoms with E-state index in [0.717, 1.165) is 11.3 Å². The van der Waals surface area contributed by atoms with Gasteiger partial charge in [-0.3, -0.25) is 4.98 Å². The van der Waals surface area contributed by atoms with Crippen LogP contribution in [0.5, 0.6) is 5.88 Å². The first kappa shape index (κ1) is 11.1. The van der Waals surface area contributed by atoms with E-state index in [-0.39, 0.29) is 5.88 Å². The lowest BCUT2D eigenvalue weighted by Crippen LogP contribution is -2.02. The molecule has 2 N–H and O–H groups in total. The van der Waals surface area contributed by atoms with Crippen molar-refractivity contribution in [2.45, 2.75) is 13.8 Å². The van der Waals surface area contributed by atoms with Crippen LogP contribution in [-0.2, 0) is 0 Å². The number of nitrogen functional groups attached to an aromatic ring is 1. The number of rotatable bonds is 1. The van der Waals surface area contributed by atoms with Gasteiger partial charge in [0.15, 0.2) is 0 Å². The van der Waals surface area contributed by atoms with Crippen LogP contribution in [0.1, 0.15) is 16.8 Å². The summed E-state index contributed by atoms with van der Waals surface area (Å²) in [7, 11) is 1.46. The van der Waals surface area contributed by atoms with Gasteiger partial charge in [-0.15, -0.1) is 0 Å². The van der Waals surface area contributed by atoms with Gasteiger partial charge < -0.3 is 10.5 Å². The van der Waals surface area contributed by atoms with Gasteiger partial charge in [-0.2, -0.15) is 10.2 Å². The second-order valence-corrected chi connectivity index (χ2v) is 3.80. The molecule has 2 heterocycles. The first-order valence-corrected chi connectivity index (χ1v) is 5.10. The maximum atomic E-state index is 9.17. The SMILES string of the molecule is COc1nc(N)c2c(C)cc(C)nc2c1C#N. The minimum Gasteiger partial charge on any atom is -0.480 e. The average molecular weight is 228 g/mol. The predicted molar refractivity (Wildman–Crippen MR) is 64.7 cm³/mol. The lowest BCUT2D eigenvalue weighted by atomic mass is 10.1. The average Bonchev–Trinajstić information content (AvgIpc) is 2.27. The van der Waals surface area contributed by atoms with E-state index in [2.05, 4.69) is 16.0 Å². The molecule has 0 aliphatic heterocycles. The topological polar surface area (TPSA) is 84.8 Å². The summed E-state index contributed by atoms with van der Waals surface area (Å²) >= 11 is 0. The normalized spacial score (nSPS) is 10.2. The number of aromatic nitrogens is 2. The highest BCUT2D eigenvalue weighted by molar-refractivity contribution is 5.95. The molecule has 0 aliphatic rings. The molecule has 2 aromatic heterocycles. The number of nitrogens with zero attached hydrogens (tertiary/aromatic N) is 3. The van der Waals surface area contributed by atoms with E-state index in [1.165, 1.54) is 7.11 Å². The van der Waals surface area contributed by atoms with E-state index in [0.29, 0.717) is 22.3 Å². The van der Waals surface area contributed by atoms with Gasteiger partial charge in [-0.25, -0.2) is 0 Å². The predicted octanol–water partition coefficient (Wildman–Crippen LogP) is 1.71. The van der Waals surface area contributed by atoms with Crippen molar-refractivity contribution in [3.8, 4) is 11.9 Å². The Hall–Kier alpha value is -2.35. The van der Waals surface area contributed by atoms with Gasteiger partial charge in [0.05, 0.1) is 12.6 Å². The number of pyridine rings is 2. The number of nitriles is 1. The molecule has 0 spiro atoms. The first-order chi connectivity index (χ1) is 8.08. The fourth-order valence-electron chi connectivity index (χ4n) is 1.91. The van der Waals surface area contributed by atoms with Gasteiger partial charge in [0.1, 0.15) is 17.5 Å². The molecular weight excluding hydrogens is 216 g/mol. The van der Waals surface area contributed by atoms with Crippen LogP contribution < -0.4 is 10.5 Å². The molecule has 0 amide bonds. The van der Waals surface area contributed by atoms with Gasteiger partial charge in [0, 0.05) is 11.1 Å². The highest BCUT2D eigenvalue weighted by Gasteiger charge is 2.16. The first-order valence-electron chi connectivity index (χ1n) is 5.10. The summed E-state index contributed by atoms with van der Waals surface area (Å²) in [6.45, 7) is 3.79. The minimum atomic E-state index is 0.218. The highest BCUT2D eigenvalue weighted by Crippen LogP contribution is 2.30. The Morgan fingerprint density at radius 1 is 1.35 bits per heavy atom. The van der Waals surface area contributed by atoms with E-state index in [1.54, 1.807) is 0 Å². The maximum Gasteiger partial charge on any atom is 0.235 e. The van der Waals surface area contributed by atoms with E-state index in [4.69, 9.17) is 15.7 Å². The standard InChI is InChI=1S/C12H12N4O/c1-6-4-7(2)15-10-8(5-13)12(17-3)16-11(14)9(6)10/h4H,1-3H3,(H2,14,16). The third kappa shape index (κ3) is 1.64. The number of hydrogen-bond acceptors (Lipinski definition) is 5. The second kappa shape index (κ2) is 3.91. The van der Waals surface area contributed by atoms with Gasteiger partial charge in [0.2, 0.25) is 5.88 Å². The number of nitrogens with two attached hydrogens (primary N) is 1. The van der Waals surface area contributed by atoms with Crippen LogP contribution in [0, 0.1) is 25.2 Å². The number of hydrogen-bond donors (Lipinski definition) is 1. The van der Waals surface area contributed by atoms with Crippen LogP contribution >= 0.6 is 0 Å². The van der Waals surface area contributed by atoms with Crippen LogP contribution in [-0.4, -0.2) is 17.1 Å². The van der Waals surface area contributed by atoms with Crippen molar-refractivity contribution in [1.82, 2.24) is 9.97 Å². The second-order valence-electron chi connectivity index (χ2n) is 3.80. The number of ether oxygens (including phenoxy) is 1. The van der Waals surface area contributed by atoms with E-state index < -0.39 is 0 Å². The lowest BCUT2D eigenvalue weighted by molar-refractivity contribution is 0.398. The van der Waals surface area contributed by atoms with Gasteiger partial charge in [-0.05, 0) is 25.5 Å². The fraction of sp³-hybridized carbons (Fsp3) is 0.250. The number of anilines is 1. The molecule has 0 saturated carbocycles. The van der Waals surface area contributed by atoms with Crippen LogP contribution in [0.3, 0.4) is 0 Å². The maximum absolute atomic E-state index is 9.17. The zero-order valence-electron chi connectivity index (χ0n) is 9.90. The number of fused-ring (bicyclic) bond motifs is 1.